The molecule has 0 saturated carbocycles. The summed E-state index contributed by atoms with van der Waals surface area (Å²) in [4.78, 5) is 16.3. The van der Waals surface area contributed by atoms with Crippen molar-refractivity contribution in [2.75, 3.05) is 19.3 Å². The predicted octanol–water partition coefficient (Wildman–Crippen LogP) is 1.31. The molecule has 0 spiro atoms. The lowest BCUT2D eigenvalue weighted by atomic mass is 9.95. The molecule has 22 heavy (non-hydrogen) atoms. The highest BCUT2D eigenvalue weighted by Crippen LogP contribution is 2.27. The van der Waals surface area contributed by atoms with E-state index in [2.05, 4.69) is 19.9 Å². The maximum Gasteiger partial charge on any atom is 0.211 e. The van der Waals surface area contributed by atoms with Crippen LogP contribution in [0, 0.1) is 6.92 Å². The number of imidazole rings is 1. The van der Waals surface area contributed by atoms with Gasteiger partial charge in [-0.25, -0.2) is 22.7 Å². The van der Waals surface area contributed by atoms with Crippen LogP contribution in [0.4, 0.5) is 0 Å². The van der Waals surface area contributed by atoms with Gasteiger partial charge >= 0.3 is 0 Å². The second-order valence-corrected chi connectivity index (χ2v) is 7.66. The molecule has 7 nitrogen and oxygen atoms in total. The predicted molar refractivity (Wildman–Crippen MR) is 82.7 cm³/mol. The van der Waals surface area contributed by atoms with Gasteiger partial charge in [-0.15, -0.1) is 0 Å². The van der Waals surface area contributed by atoms with E-state index in [1.54, 1.807) is 18.6 Å². The van der Waals surface area contributed by atoms with Crippen molar-refractivity contribution in [1.29, 1.82) is 0 Å². The molecule has 0 aromatic carbocycles. The minimum atomic E-state index is -3.09. The first kappa shape index (κ1) is 15.1. The van der Waals surface area contributed by atoms with Crippen LogP contribution in [-0.2, 0) is 10.0 Å². The normalized spacial score (nSPS) is 17.7. The minimum absolute atomic E-state index is 0.262. The second kappa shape index (κ2) is 5.77. The van der Waals surface area contributed by atoms with Crippen molar-refractivity contribution in [3.8, 4) is 11.5 Å². The van der Waals surface area contributed by atoms with Crippen molar-refractivity contribution >= 4 is 10.0 Å². The standard InChI is InChI=1S/C14H19N5O2S/c1-10-7-17-14(18-10)13-9-15-12(8-16-13)11-3-5-19(6-4-11)22(2,20)21/h7-9,11H,3-6H2,1-2H3,(H,17,18). The van der Waals surface area contributed by atoms with E-state index in [1.807, 2.05) is 6.92 Å². The number of rotatable bonds is 3. The average Bonchev–Trinajstić information content (AvgIpc) is 2.93. The van der Waals surface area contributed by atoms with E-state index in [1.165, 1.54) is 10.6 Å². The smallest absolute Gasteiger partial charge is 0.211 e. The Kier molecular flexibility index (Phi) is 3.96. The van der Waals surface area contributed by atoms with Crippen LogP contribution < -0.4 is 0 Å². The van der Waals surface area contributed by atoms with Crippen molar-refractivity contribution in [3.63, 3.8) is 0 Å². The van der Waals surface area contributed by atoms with Crippen molar-refractivity contribution < 1.29 is 8.42 Å². The quantitative estimate of drug-likeness (QED) is 0.920. The van der Waals surface area contributed by atoms with Gasteiger partial charge in [0, 0.05) is 37.1 Å². The van der Waals surface area contributed by atoms with E-state index >= 15 is 0 Å². The van der Waals surface area contributed by atoms with Gasteiger partial charge in [0.15, 0.2) is 5.82 Å². The van der Waals surface area contributed by atoms with E-state index in [9.17, 15) is 8.42 Å². The summed E-state index contributed by atoms with van der Waals surface area (Å²) >= 11 is 0. The van der Waals surface area contributed by atoms with Crippen LogP contribution in [0.1, 0.15) is 30.1 Å². The number of aromatic amines is 1. The number of nitrogens with one attached hydrogen (secondary N) is 1. The number of H-pyrrole nitrogens is 1. The first-order valence-electron chi connectivity index (χ1n) is 7.22. The Morgan fingerprint density at radius 2 is 1.86 bits per heavy atom. The van der Waals surface area contributed by atoms with Gasteiger partial charge in [0.05, 0.1) is 18.1 Å². The largest absolute Gasteiger partial charge is 0.341 e. The third-order valence-electron chi connectivity index (χ3n) is 3.96. The van der Waals surface area contributed by atoms with Gasteiger partial charge in [0.1, 0.15) is 5.69 Å². The molecule has 2 aromatic rings. The molecule has 0 amide bonds. The van der Waals surface area contributed by atoms with Gasteiger partial charge in [0.2, 0.25) is 10.0 Å². The van der Waals surface area contributed by atoms with Crippen LogP contribution in [-0.4, -0.2) is 52.0 Å². The van der Waals surface area contributed by atoms with E-state index in [-0.39, 0.29) is 5.92 Å². The van der Waals surface area contributed by atoms with Gasteiger partial charge in [-0.05, 0) is 19.8 Å². The van der Waals surface area contributed by atoms with Gasteiger partial charge in [-0.2, -0.15) is 0 Å². The van der Waals surface area contributed by atoms with Crippen LogP contribution in [0.5, 0.6) is 0 Å². The number of hydrogen-bond donors (Lipinski definition) is 1. The molecule has 0 atom stereocenters. The summed E-state index contributed by atoms with van der Waals surface area (Å²) in [5, 5.41) is 0. The molecule has 1 aliphatic rings. The molecule has 2 aromatic heterocycles. The molecule has 0 unspecified atom stereocenters. The number of nitrogens with zero attached hydrogens (tertiary/aromatic N) is 4. The van der Waals surface area contributed by atoms with Gasteiger partial charge < -0.3 is 4.98 Å². The molecule has 1 aliphatic heterocycles. The number of sulfonamides is 1. The Hall–Kier alpha value is -1.80. The zero-order valence-corrected chi connectivity index (χ0v) is 13.5. The van der Waals surface area contributed by atoms with E-state index in [0.717, 1.165) is 24.2 Å². The van der Waals surface area contributed by atoms with Crippen LogP contribution in [0.3, 0.4) is 0 Å². The summed E-state index contributed by atoms with van der Waals surface area (Å²) in [6.07, 6.45) is 8.06. The highest BCUT2D eigenvalue weighted by molar-refractivity contribution is 7.88. The summed E-state index contributed by atoms with van der Waals surface area (Å²) in [5.41, 5.74) is 2.61. The van der Waals surface area contributed by atoms with Gasteiger partial charge in [-0.3, -0.25) is 4.98 Å². The van der Waals surface area contributed by atoms with E-state index in [0.29, 0.717) is 24.6 Å². The van der Waals surface area contributed by atoms with Crippen molar-refractivity contribution in [3.05, 3.63) is 30.0 Å². The number of aromatic nitrogens is 4. The molecule has 0 aliphatic carbocycles. The topological polar surface area (TPSA) is 91.8 Å². The molecule has 118 valence electrons. The van der Waals surface area contributed by atoms with Gasteiger partial charge in [-0.1, -0.05) is 0 Å². The fraction of sp³-hybridized carbons (Fsp3) is 0.500. The third-order valence-corrected chi connectivity index (χ3v) is 5.26. The number of aryl methyl sites for hydroxylation is 1. The Morgan fingerprint density at radius 1 is 1.14 bits per heavy atom. The Balaban J connectivity index is 1.69. The van der Waals surface area contributed by atoms with Crippen molar-refractivity contribution in [2.45, 2.75) is 25.7 Å². The maximum atomic E-state index is 11.5. The second-order valence-electron chi connectivity index (χ2n) is 5.68. The summed E-state index contributed by atoms with van der Waals surface area (Å²) in [6, 6.07) is 0. The summed E-state index contributed by atoms with van der Waals surface area (Å²) < 4.78 is 24.6. The molecule has 8 heteroatoms. The molecular weight excluding hydrogens is 302 g/mol. The molecule has 0 bridgehead atoms. The monoisotopic (exact) mass is 321 g/mol. The van der Waals surface area contributed by atoms with Crippen LogP contribution >= 0.6 is 0 Å². The molecular formula is C14H19N5O2S. The molecule has 0 radical (unpaired) electrons. The lowest BCUT2D eigenvalue weighted by Crippen LogP contribution is -2.37. The molecule has 1 N–H and O–H groups in total. The summed E-state index contributed by atoms with van der Waals surface area (Å²) in [5.74, 6) is 0.973. The Bertz CT molecular complexity index is 746. The van der Waals surface area contributed by atoms with Crippen molar-refractivity contribution in [1.82, 2.24) is 24.2 Å². The lowest BCUT2D eigenvalue weighted by molar-refractivity contribution is 0.318. The fourth-order valence-corrected chi connectivity index (χ4v) is 3.57. The fourth-order valence-electron chi connectivity index (χ4n) is 2.70. The molecule has 3 heterocycles. The first-order valence-corrected chi connectivity index (χ1v) is 9.07. The lowest BCUT2D eigenvalue weighted by Gasteiger charge is -2.29. The van der Waals surface area contributed by atoms with Crippen LogP contribution in [0.25, 0.3) is 11.5 Å². The van der Waals surface area contributed by atoms with E-state index in [4.69, 9.17) is 0 Å². The van der Waals surface area contributed by atoms with Crippen LogP contribution in [0.2, 0.25) is 0 Å². The summed E-state index contributed by atoms with van der Waals surface area (Å²) in [6.45, 7) is 3.03. The number of hydrogen-bond acceptors (Lipinski definition) is 5. The van der Waals surface area contributed by atoms with Gasteiger partial charge in [0.25, 0.3) is 0 Å². The third kappa shape index (κ3) is 3.17. The molecule has 1 fully saturated rings. The van der Waals surface area contributed by atoms with Crippen LogP contribution in [0.15, 0.2) is 18.6 Å². The first-order chi connectivity index (χ1) is 10.4. The Morgan fingerprint density at radius 3 is 2.36 bits per heavy atom. The van der Waals surface area contributed by atoms with E-state index < -0.39 is 10.0 Å². The highest BCUT2D eigenvalue weighted by Gasteiger charge is 2.26. The highest BCUT2D eigenvalue weighted by atomic mass is 32.2. The minimum Gasteiger partial charge on any atom is -0.341 e. The van der Waals surface area contributed by atoms with Crippen molar-refractivity contribution in [2.24, 2.45) is 0 Å². The Labute approximate surface area is 129 Å². The molecule has 3 rings (SSSR count). The average molecular weight is 321 g/mol. The number of piperidine rings is 1. The molecule has 1 saturated heterocycles. The summed E-state index contributed by atoms with van der Waals surface area (Å²) in [7, 11) is -3.09. The zero-order chi connectivity index (χ0) is 15.7. The SMILES string of the molecule is Cc1cnc(-c2cnc(C3CCN(S(C)(=O)=O)CC3)cn2)[nH]1. The zero-order valence-electron chi connectivity index (χ0n) is 12.7. The maximum absolute atomic E-state index is 11.5.